The maximum atomic E-state index is 12.4. The molecule has 0 aliphatic carbocycles. The number of rotatable bonds is 4. The lowest BCUT2D eigenvalue weighted by atomic mass is 10.0. The van der Waals surface area contributed by atoms with Crippen molar-refractivity contribution in [1.29, 1.82) is 0 Å². The van der Waals surface area contributed by atoms with Crippen LogP contribution in [0, 0.1) is 0 Å². The third-order valence-electron chi connectivity index (χ3n) is 4.75. The molecule has 2 aliphatic rings. The fourth-order valence-corrected chi connectivity index (χ4v) is 3.27. The SMILES string of the molecule is CCCCOC(=O)N1CCC(N2Cc3ccccc3NC2=O)CC1. The van der Waals surface area contributed by atoms with Gasteiger partial charge in [-0.1, -0.05) is 31.5 Å². The van der Waals surface area contributed by atoms with E-state index in [1.54, 1.807) is 4.90 Å². The van der Waals surface area contributed by atoms with E-state index >= 15 is 0 Å². The number of nitrogens with zero attached hydrogens (tertiary/aromatic N) is 2. The second-order valence-electron chi connectivity index (χ2n) is 6.40. The molecule has 0 atom stereocenters. The van der Waals surface area contributed by atoms with Crippen LogP contribution in [0.5, 0.6) is 0 Å². The fraction of sp³-hybridized carbons (Fsp3) is 0.556. The summed E-state index contributed by atoms with van der Waals surface area (Å²) in [6.07, 6.45) is 3.27. The van der Waals surface area contributed by atoms with Gasteiger partial charge in [-0.2, -0.15) is 0 Å². The number of para-hydroxylation sites is 1. The molecular formula is C18H25N3O3. The van der Waals surface area contributed by atoms with Crippen molar-refractivity contribution in [2.45, 2.75) is 45.2 Å². The number of hydrogen-bond donors (Lipinski definition) is 1. The molecule has 1 N–H and O–H groups in total. The van der Waals surface area contributed by atoms with Crippen LogP contribution < -0.4 is 5.32 Å². The Bertz CT molecular complexity index is 597. The summed E-state index contributed by atoms with van der Waals surface area (Å²) in [4.78, 5) is 28.0. The van der Waals surface area contributed by atoms with Crippen LogP contribution in [0.2, 0.25) is 0 Å². The lowest BCUT2D eigenvalue weighted by Gasteiger charge is -2.40. The van der Waals surface area contributed by atoms with Crippen LogP contribution in [0.25, 0.3) is 0 Å². The normalized spacial score (nSPS) is 18.1. The number of piperidine rings is 1. The minimum absolute atomic E-state index is 0.0438. The number of anilines is 1. The maximum Gasteiger partial charge on any atom is 0.409 e. The minimum Gasteiger partial charge on any atom is -0.449 e. The van der Waals surface area contributed by atoms with Crippen LogP contribution in [-0.2, 0) is 11.3 Å². The Morgan fingerprint density at radius 1 is 1.29 bits per heavy atom. The first-order valence-corrected chi connectivity index (χ1v) is 8.76. The average Bonchev–Trinajstić information content (AvgIpc) is 2.61. The first-order valence-electron chi connectivity index (χ1n) is 8.76. The van der Waals surface area contributed by atoms with E-state index in [1.165, 1.54) is 0 Å². The number of nitrogens with one attached hydrogen (secondary N) is 1. The zero-order valence-corrected chi connectivity index (χ0v) is 14.2. The van der Waals surface area contributed by atoms with Gasteiger partial charge >= 0.3 is 12.1 Å². The third kappa shape index (κ3) is 3.63. The smallest absolute Gasteiger partial charge is 0.409 e. The second-order valence-corrected chi connectivity index (χ2v) is 6.40. The topological polar surface area (TPSA) is 61.9 Å². The largest absolute Gasteiger partial charge is 0.449 e. The van der Waals surface area contributed by atoms with Gasteiger partial charge in [-0.05, 0) is 30.9 Å². The number of carbonyl (C=O) groups excluding carboxylic acids is 2. The molecule has 1 saturated heterocycles. The summed E-state index contributed by atoms with van der Waals surface area (Å²) < 4.78 is 5.26. The zero-order valence-electron chi connectivity index (χ0n) is 14.2. The Morgan fingerprint density at radius 3 is 2.79 bits per heavy atom. The van der Waals surface area contributed by atoms with Gasteiger partial charge in [-0.15, -0.1) is 0 Å². The van der Waals surface area contributed by atoms with Crippen molar-refractivity contribution >= 4 is 17.8 Å². The van der Waals surface area contributed by atoms with Crippen molar-refractivity contribution in [2.75, 3.05) is 25.0 Å². The van der Waals surface area contributed by atoms with Gasteiger partial charge in [0.05, 0.1) is 6.61 Å². The van der Waals surface area contributed by atoms with Crippen LogP contribution in [0.1, 0.15) is 38.2 Å². The molecule has 0 spiro atoms. The minimum atomic E-state index is -0.227. The van der Waals surface area contributed by atoms with Crippen molar-refractivity contribution in [1.82, 2.24) is 9.80 Å². The highest BCUT2D eigenvalue weighted by Gasteiger charge is 2.32. The van der Waals surface area contributed by atoms with E-state index < -0.39 is 0 Å². The monoisotopic (exact) mass is 331 g/mol. The molecule has 1 aromatic carbocycles. The van der Waals surface area contributed by atoms with Crippen molar-refractivity contribution < 1.29 is 14.3 Å². The Balaban J connectivity index is 1.53. The lowest BCUT2D eigenvalue weighted by Crippen LogP contribution is -2.51. The first-order chi connectivity index (χ1) is 11.7. The molecule has 6 heteroatoms. The number of ether oxygens (including phenoxy) is 1. The van der Waals surface area contributed by atoms with Crippen molar-refractivity contribution in [3.05, 3.63) is 29.8 Å². The summed E-state index contributed by atoms with van der Waals surface area (Å²) in [5.74, 6) is 0. The summed E-state index contributed by atoms with van der Waals surface area (Å²) in [6.45, 7) is 4.47. The molecule has 2 heterocycles. The summed E-state index contributed by atoms with van der Waals surface area (Å²) in [6, 6.07) is 8.01. The third-order valence-corrected chi connectivity index (χ3v) is 4.75. The molecule has 0 saturated carbocycles. The number of fused-ring (bicyclic) bond motifs is 1. The van der Waals surface area contributed by atoms with Crippen LogP contribution in [0.3, 0.4) is 0 Å². The molecule has 0 unspecified atom stereocenters. The summed E-state index contributed by atoms with van der Waals surface area (Å²) in [5, 5.41) is 2.96. The maximum absolute atomic E-state index is 12.4. The van der Waals surface area contributed by atoms with Gasteiger partial charge in [0.15, 0.2) is 0 Å². The van der Waals surface area contributed by atoms with Gasteiger partial charge in [0.1, 0.15) is 0 Å². The highest BCUT2D eigenvalue weighted by molar-refractivity contribution is 5.92. The van der Waals surface area contributed by atoms with E-state index in [0.717, 1.165) is 36.9 Å². The Morgan fingerprint density at radius 2 is 2.04 bits per heavy atom. The van der Waals surface area contributed by atoms with Gasteiger partial charge in [-0.25, -0.2) is 9.59 Å². The summed E-state index contributed by atoms with van der Waals surface area (Å²) in [7, 11) is 0. The molecule has 1 fully saturated rings. The molecule has 1 aromatic rings. The van der Waals surface area contributed by atoms with E-state index in [1.807, 2.05) is 29.2 Å². The van der Waals surface area contributed by atoms with E-state index in [0.29, 0.717) is 26.2 Å². The number of likely N-dealkylation sites (tertiary alicyclic amines) is 1. The molecule has 0 radical (unpaired) electrons. The van der Waals surface area contributed by atoms with E-state index in [9.17, 15) is 9.59 Å². The van der Waals surface area contributed by atoms with Crippen LogP contribution in [0.15, 0.2) is 24.3 Å². The average molecular weight is 331 g/mol. The van der Waals surface area contributed by atoms with Crippen LogP contribution >= 0.6 is 0 Å². The number of hydrogen-bond acceptors (Lipinski definition) is 3. The Labute approximate surface area is 142 Å². The van der Waals surface area contributed by atoms with E-state index in [2.05, 4.69) is 12.2 Å². The van der Waals surface area contributed by atoms with Gasteiger partial charge < -0.3 is 19.9 Å². The number of carbonyl (C=O) groups is 2. The van der Waals surface area contributed by atoms with Crippen LogP contribution in [0.4, 0.5) is 15.3 Å². The zero-order chi connectivity index (χ0) is 16.9. The predicted molar refractivity (Wildman–Crippen MR) is 91.9 cm³/mol. The molecule has 24 heavy (non-hydrogen) atoms. The molecule has 0 bridgehead atoms. The Hall–Kier alpha value is -2.24. The molecular weight excluding hydrogens is 306 g/mol. The van der Waals surface area contributed by atoms with Gasteiger partial charge in [-0.3, -0.25) is 0 Å². The molecule has 130 valence electrons. The van der Waals surface area contributed by atoms with Crippen molar-refractivity contribution in [2.24, 2.45) is 0 Å². The van der Waals surface area contributed by atoms with Gasteiger partial charge in [0, 0.05) is 31.4 Å². The highest BCUT2D eigenvalue weighted by atomic mass is 16.6. The molecule has 6 nitrogen and oxygen atoms in total. The molecule has 3 rings (SSSR count). The predicted octanol–water partition coefficient (Wildman–Crippen LogP) is 3.44. The van der Waals surface area contributed by atoms with Crippen molar-refractivity contribution in [3.8, 4) is 0 Å². The van der Waals surface area contributed by atoms with E-state index in [-0.39, 0.29) is 18.2 Å². The Kier molecular flexibility index (Phi) is 5.23. The number of benzene rings is 1. The number of amides is 3. The number of unbranched alkanes of at least 4 members (excludes halogenated alkanes) is 1. The molecule has 2 aliphatic heterocycles. The van der Waals surface area contributed by atoms with E-state index in [4.69, 9.17) is 4.74 Å². The van der Waals surface area contributed by atoms with Crippen molar-refractivity contribution in [3.63, 3.8) is 0 Å². The quantitative estimate of drug-likeness (QED) is 0.860. The highest BCUT2D eigenvalue weighted by Crippen LogP contribution is 2.27. The standard InChI is InChI=1S/C18H25N3O3/c1-2-3-12-24-18(23)20-10-8-15(9-11-20)21-13-14-6-4-5-7-16(14)19-17(21)22/h4-7,15H,2-3,8-13H2,1H3,(H,19,22). The van der Waals surface area contributed by atoms with Gasteiger partial charge in [0.25, 0.3) is 0 Å². The summed E-state index contributed by atoms with van der Waals surface area (Å²) in [5.41, 5.74) is 2.04. The molecule has 0 aromatic heterocycles. The lowest BCUT2D eigenvalue weighted by molar-refractivity contribution is 0.0773. The fourth-order valence-electron chi connectivity index (χ4n) is 3.27. The van der Waals surface area contributed by atoms with Gasteiger partial charge in [0.2, 0.25) is 0 Å². The summed E-state index contributed by atoms with van der Waals surface area (Å²) >= 11 is 0. The second kappa shape index (κ2) is 7.55. The van der Waals surface area contributed by atoms with Crippen LogP contribution in [-0.4, -0.2) is 47.7 Å². The molecule has 3 amide bonds. The number of urea groups is 1. The first kappa shape index (κ1) is 16.6.